The van der Waals surface area contributed by atoms with E-state index in [9.17, 15) is 13.2 Å². The normalized spacial score (nSPS) is 12.5. The van der Waals surface area contributed by atoms with Gasteiger partial charge in [-0.1, -0.05) is 54.6 Å². The molecular formula is C20H19NO3S2. The van der Waals surface area contributed by atoms with E-state index in [1.165, 1.54) is 11.3 Å². The molecule has 2 aromatic carbocycles. The number of hydrogen-bond acceptors (Lipinski definition) is 4. The summed E-state index contributed by atoms with van der Waals surface area (Å²) in [6, 6.07) is 21.1. The summed E-state index contributed by atoms with van der Waals surface area (Å²) in [6.07, 6.45) is 0.255. The number of hydrogen-bond donors (Lipinski definition) is 1. The van der Waals surface area contributed by atoms with Crippen LogP contribution in [0.4, 0.5) is 0 Å². The highest BCUT2D eigenvalue weighted by molar-refractivity contribution is 7.91. The zero-order valence-corrected chi connectivity index (χ0v) is 15.7. The predicted octanol–water partition coefficient (Wildman–Crippen LogP) is 3.62. The van der Waals surface area contributed by atoms with Gasteiger partial charge < -0.3 is 5.32 Å². The van der Waals surface area contributed by atoms with Crippen LogP contribution in [-0.4, -0.2) is 20.9 Å². The summed E-state index contributed by atoms with van der Waals surface area (Å²) in [6.45, 7) is 0.0332. The highest BCUT2D eigenvalue weighted by Gasteiger charge is 2.29. The van der Waals surface area contributed by atoms with E-state index in [0.717, 1.165) is 4.88 Å². The molecule has 0 fully saturated rings. The van der Waals surface area contributed by atoms with Crippen LogP contribution in [0.3, 0.4) is 0 Å². The van der Waals surface area contributed by atoms with E-state index < -0.39 is 15.1 Å². The van der Waals surface area contributed by atoms with Crippen molar-refractivity contribution in [2.45, 2.75) is 16.6 Å². The lowest BCUT2D eigenvalue weighted by molar-refractivity contribution is -0.120. The number of carbonyl (C=O) groups excluding carboxylic acids is 1. The largest absolute Gasteiger partial charge is 0.354 e. The topological polar surface area (TPSA) is 63.2 Å². The van der Waals surface area contributed by atoms with Crippen LogP contribution in [0.15, 0.2) is 83.1 Å². The fourth-order valence-electron chi connectivity index (χ4n) is 2.69. The van der Waals surface area contributed by atoms with Crippen molar-refractivity contribution in [2.24, 2.45) is 0 Å². The molecule has 3 rings (SSSR count). The Bertz CT molecular complexity index is 937. The van der Waals surface area contributed by atoms with Crippen molar-refractivity contribution in [3.63, 3.8) is 0 Å². The van der Waals surface area contributed by atoms with Crippen molar-refractivity contribution in [1.82, 2.24) is 5.32 Å². The zero-order valence-electron chi connectivity index (χ0n) is 14.0. The fraction of sp³-hybridized carbons (Fsp3) is 0.150. The quantitative estimate of drug-likeness (QED) is 0.676. The van der Waals surface area contributed by atoms with E-state index in [2.05, 4.69) is 5.32 Å². The van der Waals surface area contributed by atoms with Gasteiger partial charge in [0, 0.05) is 11.4 Å². The molecule has 26 heavy (non-hydrogen) atoms. The molecule has 1 N–H and O–H groups in total. The maximum atomic E-state index is 13.1. The smallest absolute Gasteiger partial charge is 0.225 e. The molecular weight excluding hydrogens is 366 g/mol. The van der Waals surface area contributed by atoms with Crippen LogP contribution in [0.5, 0.6) is 0 Å². The number of rotatable bonds is 7. The van der Waals surface area contributed by atoms with E-state index >= 15 is 0 Å². The molecule has 134 valence electrons. The van der Waals surface area contributed by atoms with E-state index in [1.807, 2.05) is 23.6 Å². The van der Waals surface area contributed by atoms with Crippen LogP contribution in [0.1, 0.15) is 15.7 Å². The Hall–Kier alpha value is -2.44. The molecule has 1 heterocycles. The van der Waals surface area contributed by atoms with Crippen LogP contribution >= 0.6 is 11.3 Å². The average molecular weight is 386 g/mol. The van der Waals surface area contributed by atoms with Gasteiger partial charge in [-0.05, 0) is 29.1 Å². The Morgan fingerprint density at radius 3 is 2.19 bits per heavy atom. The Morgan fingerprint density at radius 1 is 0.923 bits per heavy atom. The first kappa shape index (κ1) is 18.4. The lowest BCUT2D eigenvalue weighted by Gasteiger charge is -2.19. The third-order valence-corrected chi connectivity index (χ3v) is 7.01. The van der Waals surface area contributed by atoms with Gasteiger partial charge in [0.25, 0.3) is 0 Å². The number of sulfone groups is 1. The summed E-state index contributed by atoms with van der Waals surface area (Å²) in [4.78, 5) is 13.4. The summed E-state index contributed by atoms with van der Waals surface area (Å²) in [5.41, 5.74) is 0.660. The first-order valence-electron chi connectivity index (χ1n) is 8.20. The molecule has 1 aromatic heterocycles. The van der Waals surface area contributed by atoms with E-state index in [-0.39, 0.29) is 23.8 Å². The molecule has 3 aromatic rings. The van der Waals surface area contributed by atoms with E-state index in [4.69, 9.17) is 0 Å². The summed E-state index contributed by atoms with van der Waals surface area (Å²) in [5.74, 6) is -0.184. The Kier molecular flexibility index (Phi) is 5.85. The molecule has 1 amide bonds. The highest BCUT2D eigenvalue weighted by atomic mass is 32.2. The summed E-state index contributed by atoms with van der Waals surface area (Å²) in [5, 5.41) is 3.86. The van der Waals surface area contributed by atoms with Gasteiger partial charge in [0.05, 0.1) is 11.3 Å². The Labute approximate surface area is 157 Å². The molecule has 0 bridgehead atoms. The number of carbonyl (C=O) groups is 1. The summed E-state index contributed by atoms with van der Waals surface area (Å²) >= 11 is 1.51. The monoisotopic (exact) mass is 385 g/mol. The second kappa shape index (κ2) is 8.29. The standard InChI is InChI=1S/C20H19NO3S2/c22-20(14-17-10-7-13-25-17)21-15-19(16-8-3-1-4-9-16)26(23,24)18-11-5-2-6-12-18/h1-13,19H,14-15H2,(H,21,22)/t19-/m0/s1. The molecule has 0 aliphatic rings. The van der Waals surface area contributed by atoms with E-state index in [1.54, 1.807) is 54.6 Å². The van der Waals surface area contributed by atoms with Crippen molar-refractivity contribution < 1.29 is 13.2 Å². The predicted molar refractivity (Wildman–Crippen MR) is 104 cm³/mol. The van der Waals surface area contributed by atoms with Crippen molar-refractivity contribution in [2.75, 3.05) is 6.54 Å². The summed E-state index contributed by atoms with van der Waals surface area (Å²) in [7, 11) is -3.62. The third-order valence-electron chi connectivity index (χ3n) is 4.02. The van der Waals surface area contributed by atoms with Gasteiger partial charge in [-0.2, -0.15) is 0 Å². The van der Waals surface area contributed by atoms with Crippen LogP contribution < -0.4 is 5.32 Å². The average Bonchev–Trinajstić information content (AvgIpc) is 3.16. The lowest BCUT2D eigenvalue weighted by Crippen LogP contribution is -2.32. The van der Waals surface area contributed by atoms with Crippen LogP contribution in [-0.2, 0) is 21.1 Å². The van der Waals surface area contributed by atoms with Crippen LogP contribution in [0.2, 0.25) is 0 Å². The minimum Gasteiger partial charge on any atom is -0.354 e. The van der Waals surface area contributed by atoms with Gasteiger partial charge >= 0.3 is 0 Å². The number of benzene rings is 2. The van der Waals surface area contributed by atoms with Gasteiger partial charge in [0.1, 0.15) is 5.25 Å². The van der Waals surface area contributed by atoms with Crippen molar-refractivity contribution in [1.29, 1.82) is 0 Å². The summed E-state index contributed by atoms with van der Waals surface area (Å²) < 4.78 is 26.2. The second-order valence-electron chi connectivity index (χ2n) is 5.82. The van der Waals surface area contributed by atoms with Gasteiger partial charge in [-0.3, -0.25) is 4.79 Å². The lowest BCUT2D eigenvalue weighted by atomic mass is 10.1. The zero-order chi connectivity index (χ0) is 18.4. The molecule has 1 atom stereocenters. The van der Waals surface area contributed by atoms with Gasteiger partial charge in [-0.15, -0.1) is 11.3 Å². The van der Waals surface area contributed by atoms with E-state index in [0.29, 0.717) is 5.56 Å². The Balaban J connectivity index is 1.82. The number of nitrogens with one attached hydrogen (secondary N) is 1. The first-order chi connectivity index (χ1) is 12.6. The van der Waals surface area contributed by atoms with Crippen molar-refractivity contribution >= 4 is 27.1 Å². The molecule has 0 aliphatic heterocycles. The first-order valence-corrected chi connectivity index (χ1v) is 10.6. The maximum absolute atomic E-state index is 13.1. The van der Waals surface area contributed by atoms with Gasteiger partial charge in [-0.25, -0.2) is 8.42 Å². The molecule has 0 saturated heterocycles. The molecule has 6 heteroatoms. The molecule has 0 saturated carbocycles. The maximum Gasteiger partial charge on any atom is 0.225 e. The van der Waals surface area contributed by atoms with Gasteiger partial charge in [0.2, 0.25) is 5.91 Å². The molecule has 4 nitrogen and oxygen atoms in total. The second-order valence-corrected chi connectivity index (χ2v) is 8.98. The van der Waals surface area contributed by atoms with Crippen molar-refractivity contribution in [3.8, 4) is 0 Å². The molecule has 0 spiro atoms. The fourth-order valence-corrected chi connectivity index (χ4v) is 5.08. The molecule has 0 unspecified atom stereocenters. The minimum absolute atomic E-state index is 0.0332. The Morgan fingerprint density at radius 2 is 1.58 bits per heavy atom. The number of thiophene rings is 1. The highest BCUT2D eigenvalue weighted by Crippen LogP contribution is 2.28. The van der Waals surface area contributed by atoms with Crippen LogP contribution in [0.25, 0.3) is 0 Å². The van der Waals surface area contributed by atoms with Gasteiger partial charge in [0.15, 0.2) is 9.84 Å². The van der Waals surface area contributed by atoms with Crippen molar-refractivity contribution in [3.05, 3.63) is 88.6 Å². The van der Waals surface area contributed by atoms with Crippen LogP contribution in [0, 0.1) is 0 Å². The minimum atomic E-state index is -3.62. The SMILES string of the molecule is O=C(Cc1cccs1)NC[C@@H](c1ccccc1)S(=O)(=O)c1ccccc1. The molecule has 0 aliphatic carbocycles. The molecule has 0 radical (unpaired) electrons. The number of amides is 1. The third kappa shape index (κ3) is 4.39.